The Kier molecular flexibility index (Phi) is 2.84. The Labute approximate surface area is 67.1 Å². The maximum Gasteiger partial charge on any atom is 0.164 e. The van der Waals surface area contributed by atoms with Crippen molar-refractivity contribution >= 4 is 0 Å². The van der Waals surface area contributed by atoms with Gasteiger partial charge in [-0.05, 0) is 6.42 Å². The van der Waals surface area contributed by atoms with E-state index in [2.05, 4.69) is 0 Å². The van der Waals surface area contributed by atoms with E-state index in [1.54, 1.807) is 0 Å². The molecular formula is C7H16N2O2. The van der Waals surface area contributed by atoms with Crippen molar-refractivity contribution in [1.82, 2.24) is 0 Å². The minimum absolute atomic E-state index is 0.267. The standard InChI is InChI=1S/C7H16N2O2/c1-2-3-9(10)4-5-11-6-7(9)8/h7H,2-6,8H2,1H3. The van der Waals surface area contributed by atoms with Gasteiger partial charge in [0.15, 0.2) is 6.17 Å². The molecule has 2 atom stereocenters. The van der Waals surface area contributed by atoms with Gasteiger partial charge in [0.05, 0.1) is 13.2 Å². The summed E-state index contributed by atoms with van der Waals surface area (Å²) in [6.07, 6.45) is 0.515. The molecule has 4 heteroatoms. The van der Waals surface area contributed by atoms with Crippen molar-refractivity contribution in [3.63, 3.8) is 0 Å². The Morgan fingerprint density at radius 1 is 1.73 bits per heavy atom. The lowest BCUT2D eigenvalue weighted by atomic mass is 10.3. The SMILES string of the molecule is CCC[N+]1([O-])CCOCC1N. The van der Waals surface area contributed by atoms with Crippen LogP contribution in [0.2, 0.25) is 0 Å². The number of quaternary nitrogens is 1. The molecule has 1 aliphatic heterocycles. The molecule has 0 aliphatic carbocycles. The smallest absolute Gasteiger partial charge is 0.164 e. The first-order valence-electron chi connectivity index (χ1n) is 4.10. The summed E-state index contributed by atoms with van der Waals surface area (Å²) in [5.74, 6) is 0. The van der Waals surface area contributed by atoms with Gasteiger partial charge in [0.25, 0.3) is 0 Å². The molecule has 1 fully saturated rings. The van der Waals surface area contributed by atoms with Crippen molar-refractivity contribution in [2.45, 2.75) is 19.5 Å². The molecule has 0 bridgehead atoms. The molecule has 0 aromatic carbocycles. The molecule has 1 heterocycles. The summed E-state index contributed by atoms with van der Waals surface area (Å²) in [7, 11) is 0. The zero-order valence-electron chi connectivity index (χ0n) is 6.95. The summed E-state index contributed by atoms with van der Waals surface area (Å²) in [4.78, 5) is 0. The fourth-order valence-electron chi connectivity index (χ4n) is 1.38. The Morgan fingerprint density at radius 2 is 2.45 bits per heavy atom. The summed E-state index contributed by atoms with van der Waals surface area (Å²) >= 11 is 0. The molecule has 1 saturated heterocycles. The van der Waals surface area contributed by atoms with Crippen LogP contribution < -0.4 is 5.73 Å². The second kappa shape index (κ2) is 3.49. The molecule has 66 valence electrons. The van der Waals surface area contributed by atoms with E-state index in [9.17, 15) is 5.21 Å². The number of ether oxygens (including phenoxy) is 1. The van der Waals surface area contributed by atoms with Crippen molar-refractivity contribution in [3.8, 4) is 0 Å². The van der Waals surface area contributed by atoms with Gasteiger partial charge in [-0.25, -0.2) is 0 Å². The average molecular weight is 160 g/mol. The lowest BCUT2D eigenvalue weighted by Crippen LogP contribution is -2.62. The van der Waals surface area contributed by atoms with E-state index in [0.29, 0.717) is 26.3 Å². The molecule has 0 radical (unpaired) electrons. The zero-order valence-corrected chi connectivity index (χ0v) is 6.95. The average Bonchev–Trinajstić information content (AvgIpc) is 1.96. The van der Waals surface area contributed by atoms with Crippen LogP contribution in [0.3, 0.4) is 0 Å². The minimum Gasteiger partial charge on any atom is -0.632 e. The van der Waals surface area contributed by atoms with Gasteiger partial charge in [0.2, 0.25) is 0 Å². The Bertz CT molecular complexity index is 128. The first-order chi connectivity index (χ1) is 5.19. The monoisotopic (exact) mass is 160 g/mol. The number of nitrogens with two attached hydrogens (primary N) is 1. The van der Waals surface area contributed by atoms with Gasteiger partial charge in [-0.2, -0.15) is 0 Å². The molecule has 2 unspecified atom stereocenters. The molecule has 1 rings (SSSR count). The number of hydrogen-bond donors (Lipinski definition) is 1. The topological polar surface area (TPSA) is 58.3 Å². The van der Waals surface area contributed by atoms with Crippen molar-refractivity contribution in [2.75, 3.05) is 26.3 Å². The van der Waals surface area contributed by atoms with Crippen LogP contribution in [-0.2, 0) is 4.74 Å². The molecule has 1 aliphatic rings. The van der Waals surface area contributed by atoms with Crippen LogP contribution >= 0.6 is 0 Å². The van der Waals surface area contributed by atoms with Gasteiger partial charge in [-0.15, -0.1) is 0 Å². The summed E-state index contributed by atoms with van der Waals surface area (Å²) in [6.45, 7) is 4.08. The van der Waals surface area contributed by atoms with E-state index in [0.717, 1.165) is 6.42 Å². The van der Waals surface area contributed by atoms with Gasteiger partial charge in [0, 0.05) is 0 Å². The predicted molar refractivity (Wildman–Crippen MR) is 42.4 cm³/mol. The third-order valence-corrected chi connectivity index (χ3v) is 2.11. The van der Waals surface area contributed by atoms with Crippen LogP contribution in [0.25, 0.3) is 0 Å². The summed E-state index contributed by atoms with van der Waals surface area (Å²) in [6, 6.07) is 0. The molecular weight excluding hydrogens is 144 g/mol. The highest BCUT2D eigenvalue weighted by atomic mass is 16.6. The fraction of sp³-hybridized carbons (Fsp3) is 1.00. The molecule has 0 spiro atoms. The summed E-state index contributed by atoms with van der Waals surface area (Å²) in [5, 5.41) is 11.8. The van der Waals surface area contributed by atoms with Crippen molar-refractivity contribution in [3.05, 3.63) is 5.21 Å². The first-order valence-corrected chi connectivity index (χ1v) is 4.10. The predicted octanol–water partition coefficient (Wildman–Crippen LogP) is 0.0260. The van der Waals surface area contributed by atoms with Crippen molar-refractivity contribution in [1.29, 1.82) is 0 Å². The first kappa shape index (κ1) is 8.93. The van der Waals surface area contributed by atoms with Crippen LogP contribution in [0.1, 0.15) is 13.3 Å². The third-order valence-electron chi connectivity index (χ3n) is 2.11. The molecule has 0 saturated carbocycles. The van der Waals surface area contributed by atoms with Crippen LogP contribution in [0, 0.1) is 5.21 Å². The van der Waals surface area contributed by atoms with E-state index in [1.165, 1.54) is 0 Å². The Hall–Kier alpha value is -0.160. The van der Waals surface area contributed by atoms with E-state index in [1.807, 2.05) is 6.92 Å². The molecule has 0 amide bonds. The highest BCUT2D eigenvalue weighted by Crippen LogP contribution is 2.13. The Balaban J connectivity index is 2.49. The van der Waals surface area contributed by atoms with Crippen LogP contribution in [0.4, 0.5) is 0 Å². The molecule has 11 heavy (non-hydrogen) atoms. The second-order valence-corrected chi connectivity index (χ2v) is 3.04. The largest absolute Gasteiger partial charge is 0.632 e. The number of hydroxylamine groups is 3. The molecule has 0 aromatic heterocycles. The maximum absolute atomic E-state index is 11.8. The van der Waals surface area contributed by atoms with E-state index >= 15 is 0 Å². The van der Waals surface area contributed by atoms with Gasteiger partial charge >= 0.3 is 0 Å². The normalized spacial score (nSPS) is 39.0. The van der Waals surface area contributed by atoms with Gasteiger partial charge < -0.3 is 14.6 Å². The van der Waals surface area contributed by atoms with Crippen LogP contribution in [-0.4, -0.2) is 37.1 Å². The zero-order chi connectivity index (χ0) is 8.32. The highest BCUT2D eigenvalue weighted by molar-refractivity contribution is 4.57. The van der Waals surface area contributed by atoms with Gasteiger partial charge in [-0.1, -0.05) is 6.92 Å². The van der Waals surface area contributed by atoms with Crippen molar-refractivity contribution < 1.29 is 9.38 Å². The number of morpholine rings is 1. The fourth-order valence-corrected chi connectivity index (χ4v) is 1.38. The highest BCUT2D eigenvalue weighted by Gasteiger charge is 2.28. The number of rotatable bonds is 2. The van der Waals surface area contributed by atoms with Crippen molar-refractivity contribution in [2.24, 2.45) is 5.73 Å². The van der Waals surface area contributed by atoms with Gasteiger partial charge in [0.1, 0.15) is 13.2 Å². The van der Waals surface area contributed by atoms with E-state index in [-0.39, 0.29) is 10.8 Å². The second-order valence-electron chi connectivity index (χ2n) is 3.04. The number of hydrogen-bond acceptors (Lipinski definition) is 3. The maximum atomic E-state index is 11.8. The molecule has 4 nitrogen and oxygen atoms in total. The lowest BCUT2D eigenvalue weighted by molar-refractivity contribution is -0.913. The summed E-state index contributed by atoms with van der Waals surface area (Å²) in [5.41, 5.74) is 5.63. The van der Waals surface area contributed by atoms with Crippen LogP contribution in [0.5, 0.6) is 0 Å². The Morgan fingerprint density at radius 3 is 3.00 bits per heavy atom. The summed E-state index contributed by atoms with van der Waals surface area (Å²) < 4.78 is 4.82. The number of nitrogens with zero attached hydrogens (tertiary/aromatic N) is 1. The van der Waals surface area contributed by atoms with E-state index < -0.39 is 0 Å². The van der Waals surface area contributed by atoms with E-state index in [4.69, 9.17) is 10.5 Å². The third kappa shape index (κ3) is 1.90. The molecule has 2 N–H and O–H groups in total. The minimum atomic E-state index is -0.372. The quantitative estimate of drug-likeness (QED) is 0.458. The van der Waals surface area contributed by atoms with Crippen LogP contribution in [0.15, 0.2) is 0 Å². The molecule has 0 aromatic rings. The van der Waals surface area contributed by atoms with Gasteiger partial charge in [-0.3, -0.25) is 5.73 Å². The lowest BCUT2D eigenvalue weighted by Gasteiger charge is -2.49.